The van der Waals surface area contributed by atoms with Crippen molar-refractivity contribution in [3.63, 3.8) is 0 Å². The van der Waals surface area contributed by atoms with Gasteiger partial charge in [-0.2, -0.15) is 0 Å². The molecule has 0 aliphatic rings. The molecule has 1 unspecified atom stereocenters. The number of rotatable bonds is 4. The Balaban J connectivity index is 2.47. The molecule has 0 fully saturated rings. The van der Waals surface area contributed by atoms with Gasteiger partial charge in [-0.25, -0.2) is 4.79 Å². The first-order valence-electron chi connectivity index (χ1n) is 6.95. The Labute approximate surface area is 125 Å². The number of carbonyl (C=O) groups excluding carboxylic acids is 1. The molecule has 1 aromatic carbocycles. The van der Waals surface area contributed by atoms with Crippen molar-refractivity contribution in [2.24, 2.45) is 5.41 Å². The summed E-state index contributed by atoms with van der Waals surface area (Å²) in [5, 5.41) is 2.09. The van der Waals surface area contributed by atoms with E-state index in [0.29, 0.717) is 0 Å². The molecule has 1 atom stereocenters. The largest absolute Gasteiger partial charge is 0.454 e. The van der Waals surface area contributed by atoms with Gasteiger partial charge < -0.3 is 9.47 Å². The Morgan fingerprint density at radius 1 is 1.24 bits per heavy atom. The second kappa shape index (κ2) is 6.22. The van der Waals surface area contributed by atoms with Crippen LogP contribution in [-0.4, -0.2) is 24.7 Å². The summed E-state index contributed by atoms with van der Waals surface area (Å²) in [5.74, 6) is -0.382. The lowest BCUT2D eigenvalue weighted by Gasteiger charge is -2.30. The van der Waals surface area contributed by atoms with Crippen LogP contribution in [0, 0.1) is 5.41 Å². The molecule has 0 saturated heterocycles. The molecule has 2 aromatic rings. The van der Waals surface area contributed by atoms with E-state index in [1.54, 1.807) is 6.20 Å². The molecule has 0 bridgehead atoms. The molecule has 21 heavy (non-hydrogen) atoms. The maximum atomic E-state index is 11.8. The van der Waals surface area contributed by atoms with Crippen LogP contribution in [0.1, 0.15) is 32.6 Å². The van der Waals surface area contributed by atoms with E-state index in [2.05, 4.69) is 4.98 Å². The normalized spacial score (nSPS) is 13.1. The highest BCUT2D eigenvalue weighted by Crippen LogP contribution is 2.38. The van der Waals surface area contributed by atoms with Crippen LogP contribution in [0.4, 0.5) is 0 Å². The van der Waals surface area contributed by atoms with Crippen LogP contribution >= 0.6 is 0 Å². The Morgan fingerprint density at radius 3 is 2.62 bits per heavy atom. The lowest BCUT2D eigenvalue weighted by molar-refractivity contribution is -0.159. The molecule has 1 heterocycles. The van der Waals surface area contributed by atoms with Crippen LogP contribution in [-0.2, 0) is 14.3 Å². The summed E-state index contributed by atoms with van der Waals surface area (Å²) in [7, 11) is 1.48. The van der Waals surface area contributed by atoms with E-state index >= 15 is 0 Å². The summed E-state index contributed by atoms with van der Waals surface area (Å²) in [4.78, 5) is 16.3. The molecule has 0 N–H and O–H groups in total. The average molecular weight is 287 g/mol. The van der Waals surface area contributed by atoms with Crippen molar-refractivity contribution in [1.82, 2.24) is 4.98 Å². The number of hydrogen-bond donors (Lipinski definition) is 0. The minimum Gasteiger partial charge on any atom is -0.454 e. The predicted octanol–water partition coefficient (Wildman–Crippen LogP) is 3.51. The van der Waals surface area contributed by atoms with Gasteiger partial charge in [-0.3, -0.25) is 4.98 Å². The Hall–Kier alpha value is -1.94. The van der Waals surface area contributed by atoms with Crippen LogP contribution in [0.5, 0.6) is 0 Å². The fourth-order valence-electron chi connectivity index (χ4n) is 2.28. The Bertz CT molecular complexity index is 626. The van der Waals surface area contributed by atoms with Gasteiger partial charge in [0.15, 0.2) is 0 Å². The molecule has 0 radical (unpaired) electrons. The second-order valence-corrected chi connectivity index (χ2v) is 6.09. The quantitative estimate of drug-likeness (QED) is 0.807. The fraction of sp³-hybridized carbons (Fsp3) is 0.412. The van der Waals surface area contributed by atoms with Gasteiger partial charge in [0.2, 0.25) is 0 Å². The zero-order valence-electron chi connectivity index (χ0n) is 12.9. The highest BCUT2D eigenvalue weighted by molar-refractivity contribution is 5.85. The van der Waals surface area contributed by atoms with Gasteiger partial charge in [-0.15, -0.1) is 0 Å². The van der Waals surface area contributed by atoms with Crippen molar-refractivity contribution in [2.75, 3.05) is 13.7 Å². The fourth-order valence-corrected chi connectivity index (χ4v) is 2.28. The summed E-state index contributed by atoms with van der Waals surface area (Å²) in [6.45, 7) is 6.03. The van der Waals surface area contributed by atoms with E-state index in [1.807, 2.05) is 51.1 Å². The minimum absolute atomic E-state index is 0.0582. The highest BCUT2D eigenvalue weighted by Gasteiger charge is 2.32. The summed E-state index contributed by atoms with van der Waals surface area (Å²) in [6.07, 6.45) is 1.33. The first kappa shape index (κ1) is 15.4. The van der Waals surface area contributed by atoms with Crippen molar-refractivity contribution in [2.45, 2.75) is 26.9 Å². The zero-order chi connectivity index (χ0) is 15.5. The molecule has 0 aliphatic carbocycles. The van der Waals surface area contributed by atoms with Gasteiger partial charge in [0, 0.05) is 24.1 Å². The molecule has 4 heteroatoms. The third-order valence-electron chi connectivity index (χ3n) is 3.25. The monoisotopic (exact) mass is 287 g/mol. The van der Waals surface area contributed by atoms with Crippen molar-refractivity contribution in [3.05, 3.63) is 42.2 Å². The smallest absolute Gasteiger partial charge is 0.332 e. The van der Waals surface area contributed by atoms with Gasteiger partial charge in [-0.1, -0.05) is 45.0 Å². The van der Waals surface area contributed by atoms with E-state index in [-0.39, 0.29) is 18.0 Å². The molecule has 0 saturated carbocycles. The van der Waals surface area contributed by atoms with Gasteiger partial charge in [0.1, 0.15) is 12.7 Å². The van der Waals surface area contributed by atoms with Crippen LogP contribution < -0.4 is 0 Å². The van der Waals surface area contributed by atoms with Crippen LogP contribution in [0.25, 0.3) is 10.8 Å². The SMILES string of the molecule is COCC(=O)OC(c1nccc2ccccc12)C(C)(C)C. The van der Waals surface area contributed by atoms with Crippen molar-refractivity contribution < 1.29 is 14.3 Å². The number of benzene rings is 1. The maximum absolute atomic E-state index is 11.8. The topological polar surface area (TPSA) is 48.4 Å². The zero-order valence-corrected chi connectivity index (χ0v) is 12.9. The molecule has 0 spiro atoms. The lowest BCUT2D eigenvalue weighted by atomic mass is 9.85. The Morgan fingerprint density at radius 2 is 1.95 bits per heavy atom. The maximum Gasteiger partial charge on any atom is 0.332 e. The third kappa shape index (κ3) is 3.58. The molecular weight excluding hydrogens is 266 g/mol. The minimum atomic E-state index is -0.425. The molecular formula is C17H21NO3. The average Bonchev–Trinajstić information content (AvgIpc) is 2.43. The van der Waals surface area contributed by atoms with E-state index in [0.717, 1.165) is 16.5 Å². The van der Waals surface area contributed by atoms with Gasteiger partial charge >= 0.3 is 5.97 Å². The van der Waals surface area contributed by atoms with Gasteiger partial charge in [-0.05, 0) is 11.5 Å². The number of pyridine rings is 1. The molecule has 2 rings (SSSR count). The van der Waals surface area contributed by atoms with Crippen molar-refractivity contribution >= 4 is 16.7 Å². The van der Waals surface area contributed by atoms with Gasteiger partial charge in [0.05, 0.1) is 5.69 Å². The first-order chi connectivity index (χ1) is 9.93. The highest BCUT2D eigenvalue weighted by atomic mass is 16.6. The predicted molar refractivity (Wildman–Crippen MR) is 81.9 cm³/mol. The van der Waals surface area contributed by atoms with Gasteiger partial charge in [0.25, 0.3) is 0 Å². The van der Waals surface area contributed by atoms with E-state index in [9.17, 15) is 4.79 Å². The molecule has 0 amide bonds. The first-order valence-corrected chi connectivity index (χ1v) is 6.95. The summed E-state index contributed by atoms with van der Waals surface area (Å²) in [6, 6.07) is 9.92. The Kier molecular flexibility index (Phi) is 4.58. The summed E-state index contributed by atoms with van der Waals surface area (Å²) >= 11 is 0. The number of ether oxygens (including phenoxy) is 2. The number of nitrogens with zero attached hydrogens (tertiary/aromatic N) is 1. The third-order valence-corrected chi connectivity index (χ3v) is 3.25. The second-order valence-electron chi connectivity index (χ2n) is 6.09. The van der Waals surface area contributed by atoms with Crippen molar-refractivity contribution in [1.29, 1.82) is 0 Å². The standard InChI is InChI=1S/C17H21NO3/c1-17(2,3)16(21-14(19)11-20-4)15-13-8-6-5-7-12(13)9-10-18-15/h5-10,16H,11H2,1-4H3. The van der Waals surface area contributed by atoms with E-state index < -0.39 is 6.10 Å². The number of aromatic nitrogens is 1. The van der Waals surface area contributed by atoms with Crippen LogP contribution in [0.3, 0.4) is 0 Å². The lowest BCUT2D eigenvalue weighted by Crippen LogP contribution is -2.26. The summed E-state index contributed by atoms with van der Waals surface area (Å²) < 4.78 is 10.5. The van der Waals surface area contributed by atoms with Crippen molar-refractivity contribution in [3.8, 4) is 0 Å². The molecule has 0 aliphatic heterocycles. The molecule has 112 valence electrons. The van der Waals surface area contributed by atoms with E-state index in [4.69, 9.17) is 9.47 Å². The molecule has 4 nitrogen and oxygen atoms in total. The number of esters is 1. The number of methoxy groups -OCH3 is 1. The number of fused-ring (bicyclic) bond motifs is 1. The van der Waals surface area contributed by atoms with E-state index in [1.165, 1.54) is 7.11 Å². The van der Waals surface area contributed by atoms with Crippen LogP contribution in [0.15, 0.2) is 36.5 Å². The number of carbonyl (C=O) groups is 1. The summed E-state index contributed by atoms with van der Waals surface area (Å²) in [5.41, 5.74) is 0.519. The van der Waals surface area contributed by atoms with Crippen LogP contribution in [0.2, 0.25) is 0 Å². The number of hydrogen-bond acceptors (Lipinski definition) is 4. The molecule has 1 aromatic heterocycles.